The summed E-state index contributed by atoms with van der Waals surface area (Å²) in [6, 6.07) is 0. The van der Waals surface area contributed by atoms with E-state index in [9.17, 15) is 4.79 Å². The van der Waals surface area contributed by atoms with Crippen molar-refractivity contribution in [2.75, 3.05) is 0 Å². The molecular weight excluding hydrogens is 112 g/mol. The normalized spacial score (nSPS) is 46.6. The summed E-state index contributed by atoms with van der Waals surface area (Å²) in [5.74, 6) is 2.68. The third-order valence-electron chi connectivity index (χ3n) is 2.86. The van der Waals surface area contributed by atoms with E-state index < -0.39 is 0 Å². The molecule has 0 aromatic rings. The number of hydrogen-bond acceptors (Lipinski definition) is 1. The Bertz CT molecular complexity index is 151. The van der Waals surface area contributed by atoms with Crippen LogP contribution in [0, 0.1) is 17.8 Å². The molecule has 0 saturated heterocycles. The number of rotatable bonds is 1. The van der Waals surface area contributed by atoms with Crippen LogP contribution in [-0.2, 0) is 4.79 Å². The first-order chi connectivity index (χ1) is 4.29. The number of Topliss-reactive ketones (excluding diaryl/α,β-unsaturated/α-hetero) is 1. The van der Waals surface area contributed by atoms with Crippen molar-refractivity contribution in [2.45, 2.75) is 26.2 Å². The summed E-state index contributed by atoms with van der Waals surface area (Å²) < 4.78 is 0. The molecule has 0 aromatic heterocycles. The van der Waals surface area contributed by atoms with Gasteiger partial charge >= 0.3 is 0 Å². The summed E-state index contributed by atoms with van der Waals surface area (Å²) in [6.07, 6.45) is 3.86. The fourth-order valence-corrected chi connectivity index (χ4v) is 2.21. The van der Waals surface area contributed by atoms with E-state index in [2.05, 4.69) is 0 Å². The lowest BCUT2D eigenvalue weighted by atomic mass is 10.00. The van der Waals surface area contributed by atoms with Crippen LogP contribution < -0.4 is 0 Å². The SMILES string of the molecule is CC(=O)[C@H]1CC[C@H]2CC21. The highest BCUT2D eigenvalue weighted by atomic mass is 16.1. The van der Waals surface area contributed by atoms with E-state index in [-0.39, 0.29) is 0 Å². The van der Waals surface area contributed by atoms with Crippen LogP contribution in [0.5, 0.6) is 0 Å². The lowest BCUT2D eigenvalue weighted by Crippen LogP contribution is -2.09. The molecular formula is C8H12O. The Morgan fingerprint density at radius 3 is 2.44 bits per heavy atom. The average molecular weight is 124 g/mol. The average Bonchev–Trinajstić information content (AvgIpc) is 2.43. The summed E-state index contributed by atoms with van der Waals surface area (Å²) in [7, 11) is 0. The van der Waals surface area contributed by atoms with E-state index in [1.54, 1.807) is 6.92 Å². The molecule has 1 heteroatoms. The van der Waals surface area contributed by atoms with Crippen LogP contribution >= 0.6 is 0 Å². The van der Waals surface area contributed by atoms with Crippen LogP contribution in [0.2, 0.25) is 0 Å². The van der Waals surface area contributed by atoms with Gasteiger partial charge in [-0.1, -0.05) is 0 Å². The van der Waals surface area contributed by atoms with Crippen LogP contribution in [0.25, 0.3) is 0 Å². The van der Waals surface area contributed by atoms with Gasteiger partial charge in [0.1, 0.15) is 5.78 Å². The van der Waals surface area contributed by atoms with Crippen LogP contribution in [0.1, 0.15) is 26.2 Å². The zero-order valence-electron chi connectivity index (χ0n) is 5.76. The summed E-state index contributed by atoms with van der Waals surface area (Å²) in [4.78, 5) is 10.9. The predicted octanol–water partition coefficient (Wildman–Crippen LogP) is 1.62. The molecule has 0 heterocycles. The predicted molar refractivity (Wildman–Crippen MR) is 35.0 cm³/mol. The first kappa shape index (κ1) is 5.45. The maximum absolute atomic E-state index is 10.9. The van der Waals surface area contributed by atoms with Crippen LogP contribution in [0.15, 0.2) is 0 Å². The molecule has 0 spiro atoms. The lowest BCUT2D eigenvalue weighted by molar-refractivity contribution is -0.121. The van der Waals surface area contributed by atoms with E-state index in [0.29, 0.717) is 11.7 Å². The second kappa shape index (κ2) is 1.59. The molecule has 0 aromatic carbocycles. The zero-order valence-corrected chi connectivity index (χ0v) is 5.76. The van der Waals surface area contributed by atoms with Crippen LogP contribution in [0.4, 0.5) is 0 Å². The van der Waals surface area contributed by atoms with E-state index in [1.807, 2.05) is 0 Å². The van der Waals surface area contributed by atoms with Crippen molar-refractivity contribution in [3.8, 4) is 0 Å². The number of fused-ring (bicyclic) bond motifs is 1. The molecule has 0 N–H and O–H groups in total. The van der Waals surface area contributed by atoms with E-state index in [4.69, 9.17) is 0 Å². The van der Waals surface area contributed by atoms with Crippen molar-refractivity contribution >= 4 is 5.78 Å². The fourth-order valence-electron chi connectivity index (χ4n) is 2.21. The van der Waals surface area contributed by atoms with E-state index >= 15 is 0 Å². The minimum atomic E-state index is 0.431. The molecule has 2 saturated carbocycles. The molecule has 0 amide bonds. The maximum Gasteiger partial charge on any atom is 0.133 e. The fraction of sp³-hybridized carbons (Fsp3) is 0.875. The molecule has 3 atom stereocenters. The van der Waals surface area contributed by atoms with E-state index in [0.717, 1.165) is 11.8 Å². The second-order valence-electron chi connectivity index (χ2n) is 3.45. The van der Waals surface area contributed by atoms with Crippen molar-refractivity contribution in [2.24, 2.45) is 17.8 Å². The maximum atomic E-state index is 10.9. The first-order valence-electron chi connectivity index (χ1n) is 3.79. The lowest BCUT2D eigenvalue weighted by Gasteiger charge is -2.03. The van der Waals surface area contributed by atoms with Gasteiger partial charge in [-0.25, -0.2) is 0 Å². The van der Waals surface area contributed by atoms with Crippen LogP contribution in [0.3, 0.4) is 0 Å². The zero-order chi connectivity index (χ0) is 6.43. The molecule has 0 bridgehead atoms. The summed E-state index contributed by atoms with van der Waals surface area (Å²) in [5.41, 5.74) is 0. The van der Waals surface area contributed by atoms with Crippen molar-refractivity contribution in [3.63, 3.8) is 0 Å². The van der Waals surface area contributed by atoms with Crippen LogP contribution in [-0.4, -0.2) is 5.78 Å². The summed E-state index contributed by atoms with van der Waals surface area (Å²) in [6.45, 7) is 1.74. The van der Waals surface area contributed by atoms with Gasteiger partial charge in [-0.2, -0.15) is 0 Å². The molecule has 0 radical (unpaired) electrons. The minimum Gasteiger partial charge on any atom is -0.300 e. The van der Waals surface area contributed by atoms with Crippen molar-refractivity contribution < 1.29 is 4.79 Å². The van der Waals surface area contributed by atoms with Gasteiger partial charge in [0.2, 0.25) is 0 Å². The Morgan fingerprint density at radius 1 is 1.44 bits per heavy atom. The highest BCUT2D eigenvalue weighted by Gasteiger charge is 2.49. The minimum absolute atomic E-state index is 0.431. The highest BCUT2D eigenvalue weighted by molar-refractivity contribution is 5.79. The quantitative estimate of drug-likeness (QED) is 0.519. The monoisotopic (exact) mass is 124 g/mol. The van der Waals surface area contributed by atoms with Gasteiger partial charge in [0, 0.05) is 5.92 Å². The van der Waals surface area contributed by atoms with Crippen molar-refractivity contribution in [3.05, 3.63) is 0 Å². The molecule has 2 fully saturated rings. The standard InChI is InChI=1S/C8H12O/c1-5(9)7-3-2-6-4-8(6)7/h6-8H,2-4H2,1H3/t6-,7+,8?/m0/s1. The summed E-state index contributed by atoms with van der Waals surface area (Å²) in [5, 5.41) is 0. The molecule has 50 valence electrons. The third kappa shape index (κ3) is 0.707. The molecule has 2 aliphatic rings. The first-order valence-corrected chi connectivity index (χ1v) is 3.79. The Kier molecular flexibility index (Phi) is 0.961. The van der Waals surface area contributed by atoms with Gasteiger partial charge in [-0.05, 0) is 38.0 Å². The largest absolute Gasteiger partial charge is 0.300 e. The van der Waals surface area contributed by atoms with Crippen molar-refractivity contribution in [1.29, 1.82) is 0 Å². The number of hydrogen-bond donors (Lipinski definition) is 0. The Labute approximate surface area is 55.4 Å². The Hall–Kier alpha value is -0.330. The molecule has 2 aliphatic carbocycles. The number of ketones is 1. The van der Waals surface area contributed by atoms with Gasteiger partial charge in [-0.3, -0.25) is 4.79 Å². The Morgan fingerprint density at radius 2 is 2.22 bits per heavy atom. The molecule has 1 unspecified atom stereocenters. The molecule has 0 aliphatic heterocycles. The topological polar surface area (TPSA) is 17.1 Å². The Balaban J connectivity index is 2.06. The van der Waals surface area contributed by atoms with Gasteiger partial charge in [-0.15, -0.1) is 0 Å². The third-order valence-corrected chi connectivity index (χ3v) is 2.86. The highest BCUT2D eigenvalue weighted by Crippen LogP contribution is 2.55. The molecule has 2 rings (SSSR count). The van der Waals surface area contributed by atoms with Gasteiger partial charge in [0.05, 0.1) is 0 Å². The molecule has 9 heavy (non-hydrogen) atoms. The summed E-state index contributed by atoms with van der Waals surface area (Å²) >= 11 is 0. The molecule has 1 nitrogen and oxygen atoms in total. The van der Waals surface area contributed by atoms with Gasteiger partial charge in [0.15, 0.2) is 0 Å². The smallest absolute Gasteiger partial charge is 0.133 e. The van der Waals surface area contributed by atoms with Crippen molar-refractivity contribution in [1.82, 2.24) is 0 Å². The van der Waals surface area contributed by atoms with E-state index in [1.165, 1.54) is 19.3 Å². The van der Waals surface area contributed by atoms with Gasteiger partial charge < -0.3 is 0 Å². The van der Waals surface area contributed by atoms with Gasteiger partial charge in [0.25, 0.3) is 0 Å². The number of carbonyl (C=O) groups excluding carboxylic acids is 1. The number of carbonyl (C=O) groups is 1. The second-order valence-corrected chi connectivity index (χ2v) is 3.45.